The lowest BCUT2D eigenvalue weighted by atomic mass is 10.2. The SMILES string of the molecule is Cc1ccc(OCC(=O)N2CC[NH+](Cc3ccccn3)CC2)cc1. The van der Waals surface area contributed by atoms with E-state index >= 15 is 0 Å². The predicted octanol–water partition coefficient (Wildman–Crippen LogP) is 0.696. The Labute approximate surface area is 142 Å². The number of nitrogens with zero attached hydrogens (tertiary/aromatic N) is 2. The molecule has 1 aromatic carbocycles. The number of hydrogen-bond acceptors (Lipinski definition) is 3. The second-order valence-electron chi connectivity index (χ2n) is 6.23. The van der Waals surface area contributed by atoms with Gasteiger partial charge in [0.15, 0.2) is 6.61 Å². The Morgan fingerprint density at radius 2 is 1.92 bits per heavy atom. The van der Waals surface area contributed by atoms with Crippen molar-refractivity contribution in [3.05, 3.63) is 59.9 Å². The van der Waals surface area contributed by atoms with Crippen LogP contribution in [0.25, 0.3) is 0 Å². The molecule has 0 saturated carbocycles. The number of aryl methyl sites for hydroxylation is 1. The Kier molecular flexibility index (Phi) is 5.43. The van der Waals surface area contributed by atoms with Crippen molar-refractivity contribution in [3.8, 4) is 5.75 Å². The van der Waals surface area contributed by atoms with Crippen molar-refractivity contribution in [2.75, 3.05) is 32.8 Å². The molecule has 0 atom stereocenters. The largest absolute Gasteiger partial charge is 0.484 e. The number of pyridine rings is 1. The summed E-state index contributed by atoms with van der Waals surface area (Å²) in [6.45, 7) is 6.51. The highest BCUT2D eigenvalue weighted by Gasteiger charge is 2.24. The third-order valence-electron chi connectivity index (χ3n) is 4.36. The third kappa shape index (κ3) is 4.55. The highest BCUT2D eigenvalue weighted by Crippen LogP contribution is 2.11. The molecule has 126 valence electrons. The molecule has 2 aromatic rings. The van der Waals surface area contributed by atoms with Crippen LogP contribution in [0.5, 0.6) is 5.75 Å². The first kappa shape index (κ1) is 16.5. The number of carbonyl (C=O) groups is 1. The van der Waals surface area contributed by atoms with Gasteiger partial charge in [0.05, 0.1) is 31.9 Å². The lowest BCUT2D eigenvalue weighted by Gasteiger charge is -2.32. The van der Waals surface area contributed by atoms with Crippen molar-refractivity contribution in [1.82, 2.24) is 9.88 Å². The fraction of sp³-hybridized carbons (Fsp3) is 0.368. The van der Waals surface area contributed by atoms with Crippen LogP contribution in [0, 0.1) is 6.92 Å². The first-order valence-electron chi connectivity index (χ1n) is 8.41. The predicted molar refractivity (Wildman–Crippen MR) is 91.9 cm³/mol. The second kappa shape index (κ2) is 7.93. The lowest BCUT2D eigenvalue weighted by Crippen LogP contribution is -3.13. The van der Waals surface area contributed by atoms with Gasteiger partial charge in [-0.2, -0.15) is 0 Å². The van der Waals surface area contributed by atoms with Crippen LogP contribution in [-0.2, 0) is 11.3 Å². The zero-order chi connectivity index (χ0) is 16.8. The van der Waals surface area contributed by atoms with Crippen LogP contribution in [0.1, 0.15) is 11.3 Å². The average molecular weight is 326 g/mol. The molecule has 3 rings (SSSR count). The third-order valence-corrected chi connectivity index (χ3v) is 4.36. The number of nitrogens with one attached hydrogen (secondary N) is 1. The maximum absolute atomic E-state index is 12.3. The maximum atomic E-state index is 12.3. The Bertz CT molecular complexity index is 650. The molecular formula is C19H24N3O2+. The smallest absolute Gasteiger partial charge is 0.260 e. The molecule has 5 nitrogen and oxygen atoms in total. The van der Waals surface area contributed by atoms with Gasteiger partial charge in [0.25, 0.3) is 5.91 Å². The van der Waals surface area contributed by atoms with E-state index in [0.29, 0.717) is 0 Å². The van der Waals surface area contributed by atoms with Gasteiger partial charge in [-0.05, 0) is 31.2 Å². The standard InChI is InChI=1S/C19H23N3O2/c1-16-5-7-18(8-6-16)24-15-19(23)22-12-10-21(11-13-22)14-17-4-2-3-9-20-17/h2-9H,10-15H2,1H3/p+1. The Morgan fingerprint density at radius 1 is 1.17 bits per heavy atom. The van der Waals surface area contributed by atoms with Crippen molar-refractivity contribution >= 4 is 5.91 Å². The maximum Gasteiger partial charge on any atom is 0.260 e. The van der Waals surface area contributed by atoms with Crippen LogP contribution in [0.3, 0.4) is 0 Å². The summed E-state index contributed by atoms with van der Waals surface area (Å²) >= 11 is 0. The minimum Gasteiger partial charge on any atom is -0.484 e. The van der Waals surface area contributed by atoms with E-state index < -0.39 is 0 Å². The summed E-state index contributed by atoms with van der Waals surface area (Å²) in [4.78, 5) is 20.0. The lowest BCUT2D eigenvalue weighted by molar-refractivity contribution is -0.917. The fourth-order valence-corrected chi connectivity index (χ4v) is 2.88. The van der Waals surface area contributed by atoms with Crippen LogP contribution in [0.2, 0.25) is 0 Å². The quantitative estimate of drug-likeness (QED) is 0.880. The topological polar surface area (TPSA) is 46.9 Å². The number of carbonyl (C=O) groups excluding carboxylic acids is 1. The highest BCUT2D eigenvalue weighted by molar-refractivity contribution is 5.77. The molecule has 24 heavy (non-hydrogen) atoms. The zero-order valence-electron chi connectivity index (χ0n) is 14.1. The molecule has 1 fully saturated rings. The Balaban J connectivity index is 1.42. The van der Waals surface area contributed by atoms with Gasteiger partial charge >= 0.3 is 0 Å². The number of quaternary nitrogens is 1. The average Bonchev–Trinajstić information content (AvgIpc) is 2.62. The van der Waals surface area contributed by atoms with Gasteiger partial charge in [-0.15, -0.1) is 0 Å². The zero-order valence-corrected chi connectivity index (χ0v) is 14.1. The van der Waals surface area contributed by atoms with Gasteiger partial charge in [0.2, 0.25) is 0 Å². The van der Waals surface area contributed by atoms with Crippen LogP contribution in [-0.4, -0.2) is 48.6 Å². The Morgan fingerprint density at radius 3 is 2.58 bits per heavy atom. The van der Waals surface area contributed by atoms with Crippen molar-refractivity contribution in [2.45, 2.75) is 13.5 Å². The number of benzene rings is 1. The molecule has 0 bridgehead atoms. The molecule has 0 aliphatic carbocycles. The van der Waals surface area contributed by atoms with Crippen molar-refractivity contribution < 1.29 is 14.4 Å². The molecule has 1 saturated heterocycles. The Hall–Kier alpha value is -2.40. The van der Waals surface area contributed by atoms with Gasteiger partial charge < -0.3 is 14.5 Å². The van der Waals surface area contributed by atoms with E-state index in [1.54, 1.807) is 0 Å². The van der Waals surface area contributed by atoms with Gasteiger partial charge in [-0.3, -0.25) is 9.78 Å². The summed E-state index contributed by atoms with van der Waals surface area (Å²) in [5.41, 5.74) is 2.29. The van der Waals surface area contributed by atoms with Gasteiger partial charge in [0, 0.05) is 6.20 Å². The molecule has 1 N–H and O–H groups in total. The minimum absolute atomic E-state index is 0.0625. The summed E-state index contributed by atoms with van der Waals surface area (Å²) in [5, 5.41) is 0. The van der Waals surface area contributed by atoms with E-state index in [0.717, 1.165) is 44.2 Å². The molecular weight excluding hydrogens is 302 g/mol. The first-order chi connectivity index (χ1) is 11.7. The molecule has 0 radical (unpaired) electrons. The first-order valence-corrected chi connectivity index (χ1v) is 8.41. The number of ether oxygens (including phenoxy) is 1. The van der Waals surface area contributed by atoms with Gasteiger partial charge in [-0.25, -0.2) is 0 Å². The number of rotatable bonds is 5. The summed E-state index contributed by atoms with van der Waals surface area (Å²) in [5.74, 6) is 0.806. The minimum atomic E-state index is 0.0625. The molecule has 5 heteroatoms. The van der Waals surface area contributed by atoms with Crippen molar-refractivity contribution in [2.24, 2.45) is 0 Å². The number of amides is 1. The van der Waals surface area contributed by atoms with Gasteiger partial charge in [-0.1, -0.05) is 23.8 Å². The van der Waals surface area contributed by atoms with E-state index in [1.807, 2.05) is 54.4 Å². The summed E-state index contributed by atoms with van der Waals surface area (Å²) in [6, 6.07) is 13.8. The molecule has 1 aliphatic heterocycles. The monoisotopic (exact) mass is 326 g/mol. The normalized spacial score (nSPS) is 15.3. The molecule has 2 heterocycles. The molecule has 1 aromatic heterocycles. The van der Waals surface area contributed by atoms with Crippen LogP contribution >= 0.6 is 0 Å². The van der Waals surface area contributed by atoms with Gasteiger partial charge in [0.1, 0.15) is 12.3 Å². The second-order valence-corrected chi connectivity index (χ2v) is 6.23. The van der Waals surface area contributed by atoms with Crippen LogP contribution < -0.4 is 9.64 Å². The van der Waals surface area contributed by atoms with E-state index in [4.69, 9.17) is 4.74 Å². The molecule has 0 spiro atoms. The molecule has 1 aliphatic rings. The van der Waals surface area contributed by atoms with E-state index in [2.05, 4.69) is 11.1 Å². The summed E-state index contributed by atoms with van der Waals surface area (Å²) in [6.07, 6.45) is 1.83. The van der Waals surface area contributed by atoms with Crippen LogP contribution in [0.15, 0.2) is 48.7 Å². The van der Waals surface area contributed by atoms with E-state index in [-0.39, 0.29) is 12.5 Å². The number of piperazine rings is 1. The van der Waals surface area contributed by atoms with E-state index in [9.17, 15) is 4.79 Å². The van der Waals surface area contributed by atoms with Crippen LogP contribution in [0.4, 0.5) is 0 Å². The van der Waals surface area contributed by atoms with Crippen molar-refractivity contribution in [1.29, 1.82) is 0 Å². The highest BCUT2D eigenvalue weighted by atomic mass is 16.5. The fourth-order valence-electron chi connectivity index (χ4n) is 2.88. The van der Waals surface area contributed by atoms with E-state index in [1.165, 1.54) is 10.5 Å². The summed E-state index contributed by atoms with van der Waals surface area (Å²) in [7, 11) is 0. The number of aromatic nitrogens is 1. The van der Waals surface area contributed by atoms with Crippen molar-refractivity contribution in [3.63, 3.8) is 0 Å². The summed E-state index contributed by atoms with van der Waals surface area (Å²) < 4.78 is 5.59. The number of hydrogen-bond donors (Lipinski definition) is 1. The molecule has 0 unspecified atom stereocenters. The molecule has 1 amide bonds.